The standard InChI is InChI=1S/C9H10O3S/c1-6(2)12-9(11)8(10)7-4-3-5-13-7/h3-6H,1-2H3. The number of carbonyl (C=O) groups is 2. The first-order chi connectivity index (χ1) is 6.11. The van der Waals surface area contributed by atoms with Crippen LogP contribution in [0.15, 0.2) is 17.5 Å². The van der Waals surface area contributed by atoms with Crippen LogP contribution in [-0.2, 0) is 9.53 Å². The van der Waals surface area contributed by atoms with E-state index in [9.17, 15) is 9.59 Å². The molecule has 4 heteroatoms. The lowest BCUT2D eigenvalue weighted by Crippen LogP contribution is -2.20. The largest absolute Gasteiger partial charge is 0.457 e. The highest BCUT2D eigenvalue weighted by atomic mass is 32.1. The summed E-state index contributed by atoms with van der Waals surface area (Å²) in [6, 6.07) is 3.33. The van der Waals surface area contributed by atoms with Crippen LogP contribution in [0.2, 0.25) is 0 Å². The highest BCUT2D eigenvalue weighted by Gasteiger charge is 2.19. The predicted molar refractivity (Wildman–Crippen MR) is 49.9 cm³/mol. The van der Waals surface area contributed by atoms with Gasteiger partial charge in [-0.3, -0.25) is 4.79 Å². The molecule has 1 aromatic rings. The van der Waals surface area contributed by atoms with Crippen molar-refractivity contribution in [3.05, 3.63) is 22.4 Å². The monoisotopic (exact) mass is 198 g/mol. The second-order valence-electron chi connectivity index (χ2n) is 2.76. The summed E-state index contributed by atoms with van der Waals surface area (Å²) >= 11 is 1.24. The number of ether oxygens (including phenoxy) is 1. The van der Waals surface area contributed by atoms with Gasteiger partial charge in [0, 0.05) is 0 Å². The van der Waals surface area contributed by atoms with Crippen molar-refractivity contribution < 1.29 is 14.3 Å². The van der Waals surface area contributed by atoms with Crippen LogP contribution in [-0.4, -0.2) is 17.9 Å². The Balaban J connectivity index is 2.64. The van der Waals surface area contributed by atoms with Gasteiger partial charge >= 0.3 is 5.97 Å². The van der Waals surface area contributed by atoms with Crippen molar-refractivity contribution in [2.75, 3.05) is 0 Å². The fraction of sp³-hybridized carbons (Fsp3) is 0.333. The highest BCUT2D eigenvalue weighted by Crippen LogP contribution is 2.10. The third kappa shape index (κ3) is 2.66. The molecule has 0 aliphatic heterocycles. The average molecular weight is 198 g/mol. The van der Waals surface area contributed by atoms with Crippen molar-refractivity contribution >= 4 is 23.1 Å². The number of hydrogen-bond acceptors (Lipinski definition) is 4. The summed E-state index contributed by atoms with van der Waals surface area (Å²) in [5.74, 6) is -1.35. The first-order valence-corrected chi connectivity index (χ1v) is 4.78. The van der Waals surface area contributed by atoms with Gasteiger partial charge in [-0.1, -0.05) is 6.07 Å². The minimum absolute atomic E-state index is 0.253. The number of hydrogen-bond donors (Lipinski definition) is 0. The van der Waals surface area contributed by atoms with E-state index < -0.39 is 11.8 Å². The van der Waals surface area contributed by atoms with E-state index in [0.29, 0.717) is 4.88 Å². The highest BCUT2D eigenvalue weighted by molar-refractivity contribution is 7.12. The van der Waals surface area contributed by atoms with Crippen LogP contribution in [0.25, 0.3) is 0 Å². The molecule has 0 saturated heterocycles. The average Bonchev–Trinajstić information content (AvgIpc) is 2.53. The second-order valence-corrected chi connectivity index (χ2v) is 3.71. The maximum absolute atomic E-state index is 11.3. The van der Waals surface area contributed by atoms with Gasteiger partial charge in [-0.2, -0.15) is 0 Å². The van der Waals surface area contributed by atoms with E-state index in [1.165, 1.54) is 11.3 Å². The number of ketones is 1. The molecule has 0 aromatic carbocycles. The summed E-state index contributed by atoms with van der Waals surface area (Å²) in [4.78, 5) is 22.8. The SMILES string of the molecule is CC(C)OC(=O)C(=O)c1cccs1. The molecule has 0 radical (unpaired) electrons. The van der Waals surface area contributed by atoms with E-state index in [1.807, 2.05) is 0 Å². The molecule has 0 bridgehead atoms. The summed E-state index contributed by atoms with van der Waals surface area (Å²) in [6.45, 7) is 3.42. The van der Waals surface area contributed by atoms with E-state index in [4.69, 9.17) is 4.74 Å². The minimum Gasteiger partial charge on any atom is -0.457 e. The number of rotatable bonds is 3. The number of Topliss-reactive ketones (excluding diaryl/α,β-unsaturated/α-hetero) is 1. The van der Waals surface area contributed by atoms with Gasteiger partial charge in [0.2, 0.25) is 0 Å². The Bertz CT molecular complexity index is 301. The van der Waals surface area contributed by atoms with Gasteiger partial charge in [-0.25, -0.2) is 4.79 Å². The van der Waals surface area contributed by atoms with Crippen LogP contribution < -0.4 is 0 Å². The van der Waals surface area contributed by atoms with E-state index in [-0.39, 0.29) is 6.10 Å². The molecule has 0 aliphatic rings. The number of carbonyl (C=O) groups excluding carboxylic acids is 2. The molecular weight excluding hydrogens is 188 g/mol. The third-order valence-electron chi connectivity index (χ3n) is 1.27. The van der Waals surface area contributed by atoms with Crippen LogP contribution in [0, 0.1) is 0 Å². The second kappa shape index (κ2) is 4.18. The van der Waals surface area contributed by atoms with Crippen LogP contribution in [0.4, 0.5) is 0 Å². The van der Waals surface area contributed by atoms with Crippen LogP contribution in [0.5, 0.6) is 0 Å². The zero-order valence-electron chi connectivity index (χ0n) is 7.44. The maximum atomic E-state index is 11.3. The fourth-order valence-corrected chi connectivity index (χ4v) is 1.43. The van der Waals surface area contributed by atoms with Gasteiger partial charge in [-0.15, -0.1) is 11.3 Å². The van der Waals surface area contributed by atoms with E-state index in [2.05, 4.69) is 0 Å². The molecule has 0 N–H and O–H groups in total. The van der Waals surface area contributed by atoms with E-state index in [1.54, 1.807) is 31.4 Å². The molecule has 0 atom stereocenters. The molecule has 70 valence electrons. The summed E-state index contributed by atoms with van der Waals surface area (Å²) in [5, 5.41) is 1.75. The predicted octanol–water partition coefficient (Wildman–Crippen LogP) is 1.88. The minimum atomic E-state index is -0.780. The van der Waals surface area contributed by atoms with Crippen LogP contribution in [0.1, 0.15) is 23.5 Å². The molecule has 1 rings (SSSR count). The number of esters is 1. The third-order valence-corrected chi connectivity index (χ3v) is 2.14. The Morgan fingerprint density at radius 2 is 2.15 bits per heavy atom. The van der Waals surface area contributed by atoms with Crippen LogP contribution in [0.3, 0.4) is 0 Å². The van der Waals surface area contributed by atoms with Crippen molar-refractivity contribution in [2.45, 2.75) is 20.0 Å². The summed E-state index contributed by atoms with van der Waals surface area (Å²) in [5.41, 5.74) is 0. The first kappa shape index (κ1) is 9.92. The Hall–Kier alpha value is -1.16. The Kier molecular flexibility index (Phi) is 3.19. The quantitative estimate of drug-likeness (QED) is 0.423. The van der Waals surface area contributed by atoms with Crippen LogP contribution >= 0.6 is 11.3 Å². The molecular formula is C9H10O3S. The Morgan fingerprint density at radius 1 is 1.46 bits per heavy atom. The summed E-state index contributed by atoms with van der Waals surface area (Å²) < 4.78 is 4.75. The molecule has 1 aromatic heterocycles. The number of thiophene rings is 1. The van der Waals surface area contributed by atoms with E-state index >= 15 is 0 Å². The molecule has 0 aliphatic carbocycles. The van der Waals surface area contributed by atoms with Crippen molar-refractivity contribution in [1.29, 1.82) is 0 Å². The molecule has 0 amide bonds. The van der Waals surface area contributed by atoms with Gasteiger partial charge in [0.25, 0.3) is 5.78 Å². The molecule has 0 spiro atoms. The van der Waals surface area contributed by atoms with Gasteiger partial charge < -0.3 is 4.74 Å². The first-order valence-electron chi connectivity index (χ1n) is 3.90. The van der Waals surface area contributed by atoms with Crippen molar-refractivity contribution in [3.63, 3.8) is 0 Å². The maximum Gasteiger partial charge on any atom is 0.380 e. The normalized spacial score (nSPS) is 10.1. The lowest BCUT2D eigenvalue weighted by atomic mass is 10.3. The topological polar surface area (TPSA) is 43.4 Å². The van der Waals surface area contributed by atoms with Gasteiger partial charge in [0.1, 0.15) is 0 Å². The lowest BCUT2D eigenvalue weighted by Gasteiger charge is -2.05. The molecule has 0 fully saturated rings. The van der Waals surface area contributed by atoms with Crippen molar-refractivity contribution in [1.82, 2.24) is 0 Å². The molecule has 3 nitrogen and oxygen atoms in total. The fourth-order valence-electron chi connectivity index (χ4n) is 0.776. The zero-order chi connectivity index (χ0) is 9.84. The lowest BCUT2D eigenvalue weighted by molar-refractivity contribution is -0.141. The van der Waals surface area contributed by atoms with Crippen molar-refractivity contribution in [2.24, 2.45) is 0 Å². The van der Waals surface area contributed by atoms with Gasteiger partial charge in [0.15, 0.2) is 0 Å². The zero-order valence-corrected chi connectivity index (χ0v) is 8.26. The molecule has 0 saturated carbocycles. The molecule has 0 unspecified atom stereocenters. The molecule has 1 heterocycles. The van der Waals surface area contributed by atoms with Gasteiger partial charge in [0.05, 0.1) is 11.0 Å². The summed E-state index contributed by atoms with van der Waals surface area (Å²) in [7, 11) is 0. The smallest absolute Gasteiger partial charge is 0.380 e. The summed E-state index contributed by atoms with van der Waals surface area (Å²) in [6.07, 6.45) is -0.253. The van der Waals surface area contributed by atoms with E-state index in [0.717, 1.165) is 0 Å². The van der Waals surface area contributed by atoms with Gasteiger partial charge in [-0.05, 0) is 25.3 Å². The van der Waals surface area contributed by atoms with Crippen molar-refractivity contribution in [3.8, 4) is 0 Å². The molecule has 13 heavy (non-hydrogen) atoms. The Morgan fingerprint density at radius 3 is 2.62 bits per heavy atom. The Labute approximate surface area is 80.3 Å².